The number of carbonyl (C=O) groups excluding carboxylic acids is 1. The summed E-state index contributed by atoms with van der Waals surface area (Å²) >= 11 is 0. The minimum Gasteiger partial charge on any atom is -0.395 e. The van der Waals surface area contributed by atoms with Crippen molar-refractivity contribution in [3.05, 3.63) is 12.3 Å². The van der Waals surface area contributed by atoms with Crippen LogP contribution in [0.2, 0.25) is 0 Å². The monoisotopic (exact) mass is 185 g/mol. The van der Waals surface area contributed by atoms with Crippen molar-refractivity contribution in [2.45, 2.75) is 0 Å². The molecule has 13 heavy (non-hydrogen) atoms. The number of hydrogen-bond donors (Lipinski definition) is 2. The number of likely N-dealkylation sites (N-methyl/N-ethyl adjacent to an activating group) is 1. The van der Waals surface area contributed by atoms with Gasteiger partial charge in [0.05, 0.1) is 12.8 Å². The molecule has 1 heterocycles. The van der Waals surface area contributed by atoms with Gasteiger partial charge in [-0.15, -0.1) is 0 Å². The fourth-order valence-corrected chi connectivity index (χ4v) is 0.733. The van der Waals surface area contributed by atoms with Crippen LogP contribution in [0.5, 0.6) is 0 Å². The van der Waals surface area contributed by atoms with Gasteiger partial charge in [-0.1, -0.05) is 5.16 Å². The van der Waals surface area contributed by atoms with Crippen LogP contribution in [-0.2, 0) is 0 Å². The van der Waals surface area contributed by atoms with Gasteiger partial charge in [0.2, 0.25) is 5.88 Å². The summed E-state index contributed by atoms with van der Waals surface area (Å²) in [5, 5.41) is 14.4. The average Bonchev–Trinajstić information content (AvgIpc) is 2.57. The molecule has 0 saturated carbocycles. The third kappa shape index (κ3) is 2.75. The Kier molecular flexibility index (Phi) is 3.27. The van der Waals surface area contributed by atoms with Gasteiger partial charge in [0, 0.05) is 19.7 Å². The zero-order valence-corrected chi connectivity index (χ0v) is 7.23. The van der Waals surface area contributed by atoms with E-state index in [-0.39, 0.29) is 25.1 Å². The number of rotatable bonds is 3. The molecular weight excluding hydrogens is 174 g/mol. The quantitative estimate of drug-likeness (QED) is 0.701. The Hall–Kier alpha value is -1.56. The van der Waals surface area contributed by atoms with Crippen molar-refractivity contribution in [1.82, 2.24) is 10.1 Å². The molecule has 0 atom stereocenters. The number of nitrogens with zero attached hydrogens (tertiary/aromatic N) is 2. The van der Waals surface area contributed by atoms with Crippen LogP contribution in [0, 0.1) is 0 Å². The van der Waals surface area contributed by atoms with E-state index in [4.69, 9.17) is 5.11 Å². The van der Waals surface area contributed by atoms with Gasteiger partial charge in [-0.25, -0.2) is 4.79 Å². The van der Waals surface area contributed by atoms with E-state index in [1.165, 1.54) is 17.2 Å². The second-order valence-electron chi connectivity index (χ2n) is 2.45. The van der Waals surface area contributed by atoms with Gasteiger partial charge in [0.15, 0.2) is 0 Å². The predicted molar refractivity (Wildman–Crippen MR) is 45.2 cm³/mol. The second-order valence-corrected chi connectivity index (χ2v) is 2.45. The lowest BCUT2D eigenvalue weighted by Gasteiger charge is -2.14. The standard InChI is InChI=1S/C7H11N3O3/c1-10(4-5-11)7(12)9-6-2-3-8-13-6/h2-3,11H,4-5H2,1H3,(H,9,12). The molecule has 1 aromatic rings. The van der Waals surface area contributed by atoms with Crippen LogP contribution in [0.25, 0.3) is 0 Å². The number of hydrogen-bond acceptors (Lipinski definition) is 4. The lowest BCUT2D eigenvalue weighted by Crippen LogP contribution is -2.33. The molecule has 0 fully saturated rings. The number of carbonyl (C=O) groups is 1. The molecule has 0 aromatic carbocycles. The van der Waals surface area contributed by atoms with Crippen LogP contribution >= 0.6 is 0 Å². The van der Waals surface area contributed by atoms with Gasteiger partial charge < -0.3 is 14.5 Å². The highest BCUT2D eigenvalue weighted by Crippen LogP contribution is 2.04. The summed E-state index contributed by atoms with van der Waals surface area (Å²) in [5.41, 5.74) is 0. The van der Waals surface area contributed by atoms with Gasteiger partial charge >= 0.3 is 6.03 Å². The smallest absolute Gasteiger partial charge is 0.324 e. The SMILES string of the molecule is CN(CCO)C(=O)Nc1ccno1. The molecule has 6 nitrogen and oxygen atoms in total. The number of anilines is 1. The van der Waals surface area contributed by atoms with Crippen LogP contribution in [0.3, 0.4) is 0 Å². The lowest BCUT2D eigenvalue weighted by atomic mass is 10.6. The zero-order chi connectivity index (χ0) is 9.68. The van der Waals surface area contributed by atoms with Crippen LogP contribution in [-0.4, -0.2) is 41.4 Å². The topological polar surface area (TPSA) is 78.6 Å². The third-order valence-corrected chi connectivity index (χ3v) is 1.45. The molecule has 0 unspecified atom stereocenters. The summed E-state index contributed by atoms with van der Waals surface area (Å²) in [7, 11) is 1.57. The number of amides is 2. The third-order valence-electron chi connectivity index (χ3n) is 1.45. The lowest BCUT2D eigenvalue weighted by molar-refractivity contribution is 0.201. The zero-order valence-electron chi connectivity index (χ0n) is 7.23. The normalized spacial score (nSPS) is 9.69. The summed E-state index contributed by atoms with van der Waals surface area (Å²) in [6.07, 6.45) is 1.43. The van der Waals surface area contributed by atoms with E-state index in [1.807, 2.05) is 0 Å². The first-order valence-corrected chi connectivity index (χ1v) is 3.77. The molecule has 2 amide bonds. The Morgan fingerprint density at radius 1 is 1.85 bits per heavy atom. The fraction of sp³-hybridized carbons (Fsp3) is 0.429. The first kappa shape index (κ1) is 9.53. The first-order chi connectivity index (χ1) is 6.24. The molecular formula is C7H11N3O3. The molecule has 0 bridgehead atoms. The van der Waals surface area contributed by atoms with E-state index in [0.29, 0.717) is 0 Å². The Balaban J connectivity index is 2.41. The van der Waals surface area contributed by atoms with Crippen LogP contribution in [0.4, 0.5) is 10.7 Å². The molecule has 0 aliphatic heterocycles. The minimum absolute atomic E-state index is 0.0691. The van der Waals surface area contributed by atoms with Gasteiger partial charge in [-0.05, 0) is 0 Å². The number of urea groups is 1. The summed E-state index contributed by atoms with van der Waals surface area (Å²) in [5.74, 6) is 0.287. The molecule has 0 radical (unpaired) electrons. The molecule has 1 rings (SSSR count). The van der Waals surface area contributed by atoms with Crippen molar-refractivity contribution in [1.29, 1.82) is 0 Å². The highest BCUT2D eigenvalue weighted by molar-refractivity contribution is 5.87. The largest absolute Gasteiger partial charge is 0.395 e. The van der Waals surface area contributed by atoms with Crippen LogP contribution in [0.1, 0.15) is 0 Å². The van der Waals surface area contributed by atoms with Gasteiger partial charge in [0.1, 0.15) is 0 Å². The number of aromatic nitrogens is 1. The molecule has 2 N–H and O–H groups in total. The maximum Gasteiger partial charge on any atom is 0.324 e. The van der Waals surface area contributed by atoms with Crippen molar-refractivity contribution in [3.63, 3.8) is 0 Å². The second kappa shape index (κ2) is 4.46. The minimum atomic E-state index is -0.342. The fourth-order valence-electron chi connectivity index (χ4n) is 0.733. The van der Waals surface area contributed by atoms with Crippen LogP contribution < -0.4 is 5.32 Å². The molecule has 6 heteroatoms. The summed E-state index contributed by atoms with van der Waals surface area (Å²) in [4.78, 5) is 12.6. The van der Waals surface area contributed by atoms with Crippen molar-refractivity contribution >= 4 is 11.9 Å². The Bertz CT molecular complexity index is 260. The van der Waals surface area contributed by atoms with Gasteiger partial charge in [-0.3, -0.25) is 5.32 Å². The van der Waals surface area contributed by atoms with E-state index < -0.39 is 0 Å². The van der Waals surface area contributed by atoms with E-state index >= 15 is 0 Å². The van der Waals surface area contributed by atoms with E-state index in [0.717, 1.165) is 0 Å². The Morgan fingerprint density at radius 3 is 3.15 bits per heavy atom. The predicted octanol–water partition coefficient (Wildman–Crippen LogP) is 0.131. The van der Waals surface area contributed by atoms with Crippen molar-refractivity contribution in [2.24, 2.45) is 0 Å². The molecule has 0 aliphatic carbocycles. The van der Waals surface area contributed by atoms with Crippen molar-refractivity contribution in [2.75, 3.05) is 25.5 Å². The van der Waals surface area contributed by atoms with E-state index in [2.05, 4.69) is 15.0 Å². The van der Waals surface area contributed by atoms with Crippen molar-refractivity contribution < 1.29 is 14.4 Å². The highest BCUT2D eigenvalue weighted by atomic mass is 16.5. The molecule has 0 saturated heterocycles. The number of nitrogens with one attached hydrogen (secondary N) is 1. The summed E-state index contributed by atoms with van der Waals surface area (Å²) < 4.78 is 4.66. The molecule has 0 spiro atoms. The van der Waals surface area contributed by atoms with Crippen LogP contribution in [0.15, 0.2) is 16.8 Å². The van der Waals surface area contributed by atoms with Gasteiger partial charge in [-0.2, -0.15) is 0 Å². The maximum atomic E-state index is 11.2. The Morgan fingerprint density at radius 2 is 2.62 bits per heavy atom. The molecule has 72 valence electrons. The summed E-state index contributed by atoms with van der Waals surface area (Å²) in [6.45, 7) is 0.209. The maximum absolute atomic E-state index is 11.2. The Labute approximate surface area is 75.1 Å². The molecule has 0 aliphatic rings. The number of aliphatic hydroxyl groups is 1. The average molecular weight is 185 g/mol. The van der Waals surface area contributed by atoms with E-state index in [1.54, 1.807) is 7.05 Å². The number of aliphatic hydroxyl groups excluding tert-OH is 1. The highest BCUT2D eigenvalue weighted by Gasteiger charge is 2.08. The first-order valence-electron chi connectivity index (χ1n) is 3.77. The van der Waals surface area contributed by atoms with Crippen molar-refractivity contribution in [3.8, 4) is 0 Å². The van der Waals surface area contributed by atoms with E-state index in [9.17, 15) is 4.79 Å². The molecule has 1 aromatic heterocycles. The van der Waals surface area contributed by atoms with Gasteiger partial charge in [0.25, 0.3) is 0 Å². The summed E-state index contributed by atoms with van der Waals surface area (Å²) in [6, 6.07) is 1.19.